The summed E-state index contributed by atoms with van der Waals surface area (Å²) >= 11 is 6.11. The van der Waals surface area contributed by atoms with Crippen LogP contribution in [0.5, 0.6) is 0 Å². The van der Waals surface area contributed by atoms with Crippen LogP contribution in [0.2, 0.25) is 5.02 Å². The monoisotopic (exact) mass is 598 g/mol. The van der Waals surface area contributed by atoms with Gasteiger partial charge in [0, 0.05) is 18.3 Å². The molecular weight excluding hydrogens is 575 g/mol. The molecule has 0 saturated heterocycles. The number of nitrogen functional groups attached to an aromatic ring is 1. The molecular formula is C27H24ClF5N4O4. The number of nitrogens with zero attached hydrogens (tertiary/aromatic N) is 3. The van der Waals surface area contributed by atoms with E-state index in [1.54, 1.807) is 0 Å². The van der Waals surface area contributed by atoms with E-state index in [0.717, 1.165) is 18.3 Å². The van der Waals surface area contributed by atoms with E-state index in [-0.39, 0.29) is 47.5 Å². The molecule has 1 fully saturated rings. The number of rotatable bonds is 8. The molecule has 0 atom stereocenters. The summed E-state index contributed by atoms with van der Waals surface area (Å²) in [5, 5.41) is 13.0. The van der Waals surface area contributed by atoms with Crippen LogP contribution >= 0.6 is 11.6 Å². The van der Waals surface area contributed by atoms with Crippen molar-refractivity contribution < 1.29 is 41.4 Å². The van der Waals surface area contributed by atoms with Gasteiger partial charge < -0.3 is 15.7 Å². The van der Waals surface area contributed by atoms with Crippen LogP contribution in [0.4, 0.5) is 27.6 Å². The van der Waals surface area contributed by atoms with E-state index in [1.165, 1.54) is 18.2 Å². The standard InChI is InChI=1S/C27H24ClF5N4O4/c28-20-2-1-3-21(34)23(20)22(38)13-36(12-14-8-16(29)10-17(30)9-14)25(39)19-11-35-37(24(19)27(31,32)33)18-6-4-15(5-7-18)26(40)41/h1-3,8-11,15,18H,4-7,12-13,34H2,(H,40,41)/t15-,18-. The molecule has 1 aliphatic carbocycles. The summed E-state index contributed by atoms with van der Waals surface area (Å²) in [6.07, 6.45) is -3.89. The molecule has 2 aromatic carbocycles. The van der Waals surface area contributed by atoms with Crippen LogP contribution in [0.15, 0.2) is 42.6 Å². The number of ketones is 1. The molecule has 1 saturated carbocycles. The minimum Gasteiger partial charge on any atom is -0.481 e. The van der Waals surface area contributed by atoms with E-state index < -0.39 is 71.8 Å². The molecule has 0 bridgehead atoms. The summed E-state index contributed by atoms with van der Waals surface area (Å²) in [4.78, 5) is 38.8. The Hall–Kier alpha value is -4.00. The number of amides is 1. The van der Waals surface area contributed by atoms with Crippen LogP contribution in [0.1, 0.15) is 63.7 Å². The van der Waals surface area contributed by atoms with Gasteiger partial charge in [0.15, 0.2) is 11.5 Å². The molecule has 218 valence electrons. The Morgan fingerprint density at radius 1 is 1.07 bits per heavy atom. The maximum atomic E-state index is 14.4. The number of hydrogen-bond donors (Lipinski definition) is 2. The van der Waals surface area contributed by atoms with Gasteiger partial charge in [-0.1, -0.05) is 17.7 Å². The Morgan fingerprint density at radius 2 is 1.71 bits per heavy atom. The Labute approximate surface area is 235 Å². The van der Waals surface area contributed by atoms with Crippen LogP contribution in [0.3, 0.4) is 0 Å². The molecule has 3 N–H and O–H groups in total. The van der Waals surface area contributed by atoms with Gasteiger partial charge in [0.05, 0.1) is 40.9 Å². The van der Waals surface area contributed by atoms with Gasteiger partial charge in [0.25, 0.3) is 5.91 Å². The zero-order chi connectivity index (χ0) is 30.1. The van der Waals surface area contributed by atoms with Crippen molar-refractivity contribution in [2.24, 2.45) is 5.92 Å². The van der Waals surface area contributed by atoms with E-state index in [2.05, 4.69) is 5.10 Å². The van der Waals surface area contributed by atoms with Crippen molar-refractivity contribution in [2.75, 3.05) is 12.3 Å². The number of carboxylic acid groups (broad SMARTS) is 1. The zero-order valence-electron chi connectivity index (χ0n) is 21.3. The fraction of sp³-hybridized carbons (Fsp3) is 0.333. The Kier molecular flexibility index (Phi) is 8.66. The lowest BCUT2D eigenvalue weighted by molar-refractivity contribution is -0.147. The van der Waals surface area contributed by atoms with Crippen LogP contribution in [-0.2, 0) is 17.5 Å². The quantitative estimate of drug-likeness (QED) is 0.193. The average Bonchev–Trinajstić information content (AvgIpc) is 3.33. The Balaban J connectivity index is 1.73. The summed E-state index contributed by atoms with van der Waals surface area (Å²) in [6, 6.07) is 5.73. The molecule has 0 aliphatic heterocycles. The summed E-state index contributed by atoms with van der Waals surface area (Å²) < 4.78 is 71.6. The summed E-state index contributed by atoms with van der Waals surface area (Å²) in [6.45, 7) is -1.45. The number of aromatic nitrogens is 2. The number of aliphatic carboxylic acids is 1. The highest BCUT2D eigenvalue weighted by molar-refractivity contribution is 6.34. The van der Waals surface area contributed by atoms with E-state index in [1.807, 2.05) is 0 Å². The lowest BCUT2D eigenvalue weighted by atomic mass is 9.86. The normalized spacial score (nSPS) is 17.3. The predicted molar refractivity (Wildman–Crippen MR) is 137 cm³/mol. The van der Waals surface area contributed by atoms with Crippen molar-refractivity contribution >= 4 is 34.9 Å². The number of benzene rings is 2. The molecule has 8 nitrogen and oxygen atoms in total. The van der Waals surface area contributed by atoms with Gasteiger partial charge in [-0.3, -0.25) is 19.1 Å². The third-order valence-corrected chi connectivity index (χ3v) is 7.24. The second kappa shape index (κ2) is 11.9. The lowest BCUT2D eigenvalue weighted by Crippen LogP contribution is -2.37. The number of carboxylic acids is 1. The second-order valence-corrected chi connectivity index (χ2v) is 10.2. The van der Waals surface area contributed by atoms with Crippen molar-refractivity contribution in [3.8, 4) is 0 Å². The number of nitrogens with two attached hydrogens (primary N) is 1. The van der Waals surface area contributed by atoms with Gasteiger partial charge in [-0.05, 0) is 55.5 Å². The van der Waals surface area contributed by atoms with Crippen molar-refractivity contribution in [1.29, 1.82) is 0 Å². The molecule has 0 spiro atoms. The van der Waals surface area contributed by atoms with Crippen LogP contribution < -0.4 is 5.73 Å². The molecule has 3 aromatic rings. The third kappa shape index (κ3) is 6.67. The minimum atomic E-state index is -5.06. The third-order valence-electron chi connectivity index (χ3n) is 6.93. The smallest absolute Gasteiger partial charge is 0.433 e. The number of carbonyl (C=O) groups excluding carboxylic acids is 2. The van der Waals surface area contributed by atoms with E-state index >= 15 is 0 Å². The van der Waals surface area contributed by atoms with Crippen molar-refractivity contribution in [3.63, 3.8) is 0 Å². The van der Waals surface area contributed by atoms with Crippen molar-refractivity contribution in [3.05, 3.63) is 81.6 Å². The topological polar surface area (TPSA) is 119 Å². The Bertz CT molecular complexity index is 1440. The molecule has 41 heavy (non-hydrogen) atoms. The first-order valence-corrected chi connectivity index (χ1v) is 12.8. The largest absolute Gasteiger partial charge is 0.481 e. The molecule has 1 heterocycles. The van der Waals surface area contributed by atoms with Gasteiger partial charge in [-0.15, -0.1) is 0 Å². The minimum absolute atomic E-state index is 0.0348. The van der Waals surface area contributed by atoms with Gasteiger partial charge in [-0.2, -0.15) is 18.3 Å². The van der Waals surface area contributed by atoms with Crippen LogP contribution in [0.25, 0.3) is 0 Å². The number of halogens is 6. The highest BCUT2D eigenvalue weighted by Crippen LogP contribution is 2.39. The fourth-order valence-corrected chi connectivity index (χ4v) is 5.31. The molecule has 0 radical (unpaired) electrons. The van der Waals surface area contributed by atoms with E-state index in [9.17, 15) is 41.4 Å². The highest BCUT2D eigenvalue weighted by atomic mass is 35.5. The van der Waals surface area contributed by atoms with E-state index in [0.29, 0.717) is 15.6 Å². The summed E-state index contributed by atoms with van der Waals surface area (Å²) in [5.74, 6) is -5.80. The number of anilines is 1. The number of Topliss-reactive ketones (excluding diaryl/α,β-unsaturated/α-hetero) is 1. The first-order chi connectivity index (χ1) is 19.3. The fourth-order valence-electron chi connectivity index (χ4n) is 5.03. The van der Waals surface area contributed by atoms with E-state index in [4.69, 9.17) is 17.3 Å². The summed E-state index contributed by atoms with van der Waals surface area (Å²) in [5.41, 5.74) is 3.29. The van der Waals surface area contributed by atoms with Gasteiger partial charge in [0.1, 0.15) is 11.6 Å². The van der Waals surface area contributed by atoms with Crippen LogP contribution in [0, 0.1) is 17.6 Å². The number of alkyl halides is 3. The van der Waals surface area contributed by atoms with Crippen molar-refractivity contribution in [2.45, 2.75) is 44.4 Å². The Morgan fingerprint density at radius 3 is 2.27 bits per heavy atom. The number of carbonyl (C=O) groups is 3. The van der Waals surface area contributed by atoms with Gasteiger partial charge in [0.2, 0.25) is 0 Å². The second-order valence-electron chi connectivity index (χ2n) is 9.76. The average molecular weight is 599 g/mol. The van der Waals surface area contributed by atoms with Gasteiger partial charge in [-0.25, -0.2) is 8.78 Å². The van der Waals surface area contributed by atoms with Crippen molar-refractivity contribution in [1.82, 2.24) is 14.7 Å². The number of hydrogen-bond acceptors (Lipinski definition) is 5. The maximum absolute atomic E-state index is 14.4. The molecule has 1 aromatic heterocycles. The first-order valence-electron chi connectivity index (χ1n) is 12.4. The van der Waals surface area contributed by atoms with Gasteiger partial charge >= 0.3 is 12.1 Å². The zero-order valence-corrected chi connectivity index (χ0v) is 22.1. The molecule has 0 unspecified atom stereocenters. The molecule has 1 aliphatic rings. The lowest BCUT2D eigenvalue weighted by Gasteiger charge is -2.28. The molecule has 1 amide bonds. The highest BCUT2D eigenvalue weighted by Gasteiger charge is 2.43. The maximum Gasteiger partial charge on any atom is 0.433 e. The molecule has 4 rings (SSSR count). The summed E-state index contributed by atoms with van der Waals surface area (Å²) in [7, 11) is 0. The van der Waals surface area contributed by atoms with Crippen LogP contribution in [-0.4, -0.2) is 44.0 Å². The molecule has 14 heteroatoms. The predicted octanol–water partition coefficient (Wildman–Crippen LogP) is 5.76. The first kappa shape index (κ1) is 30.0. The SMILES string of the molecule is Nc1cccc(Cl)c1C(=O)CN(Cc1cc(F)cc(F)c1)C(=O)c1cnn([C@H]2CC[C@H](C(=O)O)CC2)c1C(F)(F)F.